The minimum absolute atomic E-state index is 0.276. The van der Waals surface area contributed by atoms with Crippen molar-refractivity contribution in [2.75, 3.05) is 27.7 Å². The van der Waals surface area contributed by atoms with Gasteiger partial charge in [0.25, 0.3) is 6.43 Å². The lowest BCUT2D eigenvalue weighted by Crippen LogP contribution is -2.30. The van der Waals surface area contributed by atoms with Crippen molar-refractivity contribution in [3.63, 3.8) is 0 Å². The molecule has 0 aromatic carbocycles. The maximum atomic E-state index is 12.1. The SMILES string of the molecule is CNN/C(C#N)=C\N(C)C(C)N=CN(C)CC(F)F. The predicted octanol–water partition coefficient (Wildman–Crippen LogP) is 0.578. The third-order valence-electron chi connectivity index (χ3n) is 2.21. The summed E-state index contributed by atoms with van der Waals surface area (Å²) in [6.07, 6.45) is 0.265. The number of hydrogen-bond acceptors (Lipinski definition) is 5. The van der Waals surface area contributed by atoms with Gasteiger partial charge in [0.15, 0.2) is 0 Å². The zero-order chi connectivity index (χ0) is 14.8. The average molecular weight is 274 g/mol. The van der Waals surface area contributed by atoms with E-state index in [2.05, 4.69) is 15.8 Å². The molecule has 0 aliphatic carbocycles. The van der Waals surface area contributed by atoms with Gasteiger partial charge < -0.3 is 15.2 Å². The van der Waals surface area contributed by atoms with E-state index in [0.717, 1.165) is 0 Å². The molecule has 0 amide bonds. The Balaban J connectivity index is 4.45. The molecule has 0 spiro atoms. The Bertz CT molecular complexity index is 350. The summed E-state index contributed by atoms with van der Waals surface area (Å²) in [6.45, 7) is 1.43. The Morgan fingerprint density at radius 1 is 1.47 bits per heavy atom. The molecule has 0 aromatic rings. The second-order valence-corrected chi connectivity index (χ2v) is 3.92. The summed E-state index contributed by atoms with van der Waals surface area (Å²) in [7, 11) is 4.91. The van der Waals surface area contributed by atoms with Crippen LogP contribution in [0.2, 0.25) is 0 Å². The van der Waals surface area contributed by atoms with Crippen LogP contribution in [0.3, 0.4) is 0 Å². The van der Waals surface area contributed by atoms with Gasteiger partial charge in [-0.15, -0.1) is 0 Å². The Hall–Kier alpha value is -1.88. The van der Waals surface area contributed by atoms with Gasteiger partial charge in [-0.2, -0.15) is 5.26 Å². The quantitative estimate of drug-likeness (QED) is 0.293. The summed E-state index contributed by atoms with van der Waals surface area (Å²) >= 11 is 0. The first-order valence-electron chi connectivity index (χ1n) is 5.69. The first-order valence-corrected chi connectivity index (χ1v) is 5.69. The number of aliphatic imine (C=N–C) groups is 1. The van der Waals surface area contributed by atoms with Gasteiger partial charge in [-0.1, -0.05) is 0 Å². The topological polar surface area (TPSA) is 66.7 Å². The molecule has 108 valence electrons. The molecule has 1 atom stereocenters. The molecular weight excluding hydrogens is 254 g/mol. The normalized spacial score (nSPS) is 13.5. The molecule has 0 heterocycles. The van der Waals surface area contributed by atoms with E-state index >= 15 is 0 Å². The molecule has 0 bridgehead atoms. The fourth-order valence-electron chi connectivity index (χ4n) is 1.12. The number of rotatable bonds is 8. The Morgan fingerprint density at radius 2 is 2.11 bits per heavy atom. The van der Waals surface area contributed by atoms with E-state index in [4.69, 9.17) is 5.26 Å². The molecule has 8 heteroatoms. The van der Waals surface area contributed by atoms with Gasteiger partial charge in [-0.25, -0.2) is 14.2 Å². The third-order valence-corrected chi connectivity index (χ3v) is 2.21. The van der Waals surface area contributed by atoms with Crippen LogP contribution in [0.1, 0.15) is 6.92 Å². The Labute approximate surface area is 112 Å². The van der Waals surface area contributed by atoms with E-state index in [0.29, 0.717) is 5.70 Å². The molecule has 0 radical (unpaired) electrons. The molecule has 0 saturated heterocycles. The first-order chi connectivity index (χ1) is 8.90. The smallest absolute Gasteiger partial charge is 0.255 e. The number of halogens is 2. The minimum atomic E-state index is -2.39. The standard InChI is InChI=1S/C11H20F2N6/c1-9(16-8-18(3)7-11(12)13)19(4)6-10(5-14)17-15-2/h6,8-9,11,15,17H,7H2,1-4H3/b10-6-,16-8?. The fourth-order valence-corrected chi connectivity index (χ4v) is 1.12. The highest BCUT2D eigenvalue weighted by Crippen LogP contribution is 2.00. The summed E-state index contributed by atoms with van der Waals surface area (Å²) in [6, 6.07) is 1.96. The number of hydrazine groups is 1. The van der Waals surface area contributed by atoms with Gasteiger partial charge in [0.2, 0.25) is 0 Å². The molecule has 0 aromatic heterocycles. The lowest BCUT2D eigenvalue weighted by molar-refractivity contribution is 0.124. The van der Waals surface area contributed by atoms with Crippen LogP contribution in [0.25, 0.3) is 0 Å². The number of allylic oxidation sites excluding steroid dienone is 1. The highest BCUT2D eigenvalue weighted by atomic mass is 19.3. The molecule has 19 heavy (non-hydrogen) atoms. The molecular formula is C11H20F2N6. The predicted molar refractivity (Wildman–Crippen MR) is 70.2 cm³/mol. The molecule has 0 saturated carbocycles. The third kappa shape index (κ3) is 7.94. The lowest BCUT2D eigenvalue weighted by Gasteiger charge is -2.21. The maximum absolute atomic E-state index is 12.1. The molecule has 1 unspecified atom stereocenters. The van der Waals surface area contributed by atoms with E-state index in [1.165, 1.54) is 18.3 Å². The highest BCUT2D eigenvalue weighted by molar-refractivity contribution is 5.54. The van der Waals surface area contributed by atoms with Crippen LogP contribution in [-0.4, -0.2) is 56.4 Å². The van der Waals surface area contributed by atoms with E-state index in [1.807, 2.05) is 6.07 Å². The van der Waals surface area contributed by atoms with E-state index in [-0.39, 0.29) is 12.7 Å². The summed E-state index contributed by atoms with van der Waals surface area (Å²) < 4.78 is 24.2. The largest absolute Gasteiger partial charge is 0.360 e. The summed E-state index contributed by atoms with van der Waals surface area (Å²) in [5.74, 6) is 0. The molecule has 0 aliphatic heterocycles. The van der Waals surface area contributed by atoms with Crippen molar-refractivity contribution in [3.05, 3.63) is 11.9 Å². The van der Waals surface area contributed by atoms with Crippen LogP contribution in [0.5, 0.6) is 0 Å². The fraction of sp³-hybridized carbons (Fsp3) is 0.636. The van der Waals surface area contributed by atoms with Crippen molar-refractivity contribution in [3.8, 4) is 6.07 Å². The van der Waals surface area contributed by atoms with Crippen LogP contribution in [0, 0.1) is 11.3 Å². The molecule has 0 aliphatic rings. The van der Waals surface area contributed by atoms with E-state index < -0.39 is 6.43 Å². The van der Waals surface area contributed by atoms with Crippen molar-refractivity contribution in [1.29, 1.82) is 5.26 Å². The first kappa shape index (κ1) is 17.1. The van der Waals surface area contributed by atoms with Crippen molar-refractivity contribution < 1.29 is 8.78 Å². The van der Waals surface area contributed by atoms with Gasteiger partial charge in [0.05, 0.1) is 12.9 Å². The number of nitrogens with one attached hydrogen (secondary N) is 2. The highest BCUT2D eigenvalue weighted by Gasteiger charge is 2.07. The van der Waals surface area contributed by atoms with Crippen molar-refractivity contribution in [2.45, 2.75) is 19.5 Å². The van der Waals surface area contributed by atoms with Gasteiger partial charge in [0, 0.05) is 27.3 Å². The molecule has 0 fully saturated rings. The molecule has 0 rings (SSSR count). The van der Waals surface area contributed by atoms with E-state index in [9.17, 15) is 8.78 Å². The van der Waals surface area contributed by atoms with Crippen LogP contribution in [0.4, 0.5) is 8.78 Å². The number of nitriles is 1. The van der Waals surface area contributed by atoms with Gasteiger partial charge in [-0.05, 0) is 6.92 Å². The van der Waals surface area contributed by atoms with E-state index in [1.54, 1.807) is 32.1 Å². The van der Waals surface area contributed by atoms with Gasteiger partial charge in [-0.3, -0.25) is 4.99 Å². The summed E-state index contributed by atoms with van der Waals surface area (Å²) in [5.41, 5.74) is 5.62. The second kappa shape index (κ2) is 9.10. The van der Waals surface area contributed by atoms with Crippen LogP contribution in [-0.2, 0) is 0 Å². The van der Waals surface area contributed by atoms with Gasteiger partial charge >= 0.3 is 0 Å². The van der Waals surface area contributed by atoms with Crippen LogP contribution >= 0.6 is 0 Å². The maximum Gasteiger partial charge on any atom is 0.255 e. The number of alkyl halides is 2. The minimum Gasteiger partial charge on any atom is -0.360 e. The average Bonchev–Trinajstić information content (AvgIpc) is 2.34. The lowest BCUT2D eigenvalue weighted by atomic mass is 10.4. The zero-order valence-electron chi connectivity index (χ0n) is 11.6. The van der Waals surface area contributed by atoms with Crippen LogP contribution < -0.4 is 10.9 Å². The molecule has 6 nitrogen and oxygen atoms in total. The number of nitrogens with zero attached hydrogens (tertiary/aromatic N) is 4. The Kier molecular flexibility index (Phi) is 8.20. The van der Waals surface area contributed by atoms with Crippen molar-refractivity contribution >= 4 is 6.34 Å². The second-order valence-electron chi connectivity index (χ2n) is 3.92. The molecule has 2 N–H and O–H groups in total. The monoisotopic (exact) mass is 274 g/mol. The van der Waals surface area contributed by atoms with Crippen molar-refractivity contribution in [1.82, 2.24) is 20.7 Å². The summed E-state index contributed by atoms with van der Waals surface area (Å²) in [5, 5.41) is 8.83. The summed E-state index contributed by atoms with van der Waals surface area (Å²) in [4.78, 5) is 7.12. The van der Waals surface area contributed by atoms with Crippen molar-refractivity contribution in [2.24, 2.45) is 4.99 Å². The number of hydrogen-bond donors (Lipinski definition) is 2. The zero-order valence-corrected chi connectivity index (χ0v) is 11.6. The Morgan fingerprint density at radius 3 is 2.58 bits per heavy atom. The van der Waals surface area contributed by atoms with Gasteiger partial charge in [0.1, 0.15) is 17.9 Å². The van der Waals surface area contributed by atoms with Crippen LogP contribution in [0.15, 0.2) is 16.9 Å².